The summed E-state index contributed by atoms with van der Waals surface area (Å²) in [5.74, 6) is -0.206. The Hall–Kier alpha value is -2.40. The first-order valence-corrected chi connectivity index (χ1v) is 6.93. The second kappa shape index (κ2) is 6.37. The average Bonchev–Trinajstić information content (AvgIpc) is 2.44. The number of para-hydroxylation sites is 1. The van der Waals surface area contributed by atoms with Gasteiger partial charge in [0, 0.05) is 5.69 Å². The fourth-order valence-corrected chi connectivity index (χ4v) is 2.11. The molecule has 0 aliphatic heterocycles. The summed E-state index contributed by atoms with van der Waals surface area (Å²) in [6.07, 6.45) is 0. The van der Waals surface area contributed by atoms with E-state index in [-0.39, 0.29) is 11.0 Å². The van der Waals surface area contributed by atoms with Crippen molar-refractivity contribution in [2.75, 3.05) is 10.6 Å². The van der Waals surface area contributed by atoms with Crippen LogP contribution >= 0.6 is 12.2 Å². The van der Waals surface area contributed by atoms with E-state index in [1.807, 2.05) is 38.1 Å². The van der Waals surface area contributed by atoms with Gasteiger partial charge in [0.2, 0.25) is 0 Å². The summed E-state index contributed by atoms with van der Waals surface area (Å²) in [6.45, 7) is 3.98. The number of aryl methyl sites for hydroxylation is 1. The van der Waals surface area contributed by atoms with Crippen molar-refractivity contribution < 1.29 is 4.79 Å². The van der Waals surface area contributed by atoms with Crippen LogP contribution in [0, 0.1) is 13.8 Å². The molecule has 0 fully saturated rings. The third-order valence-corrected chi connectivity index (χ3v) is 3.38. The van der Waals surface area contributed by atoms with Crippen LogP contribution in [0.2, 0.25) is 0 Å². The Morgan fingerprint density at radius 2 is 1.67 bits per heavy atom. The van der Waals surface area contributed by atoms with Crippen molar-refractivity contribution in [3.05, 3.63) is 59.2 Å². The number of amides is 1. The molecule has 5 heteroatoms. The molecule has 1 amide bonds. The van der Waals surface area contributed by atoms with Gasteiger partial charge in [0.25, 0.3) is 5.91 Å². The summed E-state index contributed by atoms with van der Waals surface area (Å²) < 4.78 is 0. The monoisotopic (exact) mass is 299 g/mol. The third-order valence-electron chi connectivity index (χ3n) is 3.28. The average molecular weight is 299 g/mol. The molecule has 4 nitrogen and oxygen atoms in total. The first kappa shape index (κ1) is 15.0. The highest BCUT2D eigenvalue weighted by Crippen LogP contribution is 2.21. The van der Waals surface area contributed by atoms with Gasteiger partial charge in [-0.25, -0.2) is 0 Å². The van der Waals surface area contributed by atoms with E-state index >= 15 is 0 Å². The molecule has 4 N–H and O–H groups in total. The molecule has 0 saturated carbocycles. The lowest BCUT2D eigenvalue weighted by Crippen LogP contribution is -2.22. The lowest BCUT2D eigenvalue weighted by molar-refractivity contribution is 0.102. The van der Waals surface area contributed by atoms with Crippen LogP contribution in [0.1, 0.15) is 21.5 Å². The smallest absolute Gasteiger partial charge is 0.257 e. The Morgan fingerprint density at radius 3 is 2.38 bits per heavy atom. The second-order valence-electron chi connectivity index (χ2n) is 4.74. The maximum atomic E-state index is 12.4. The summed E-state index contributed by atoms with van der Waals surface area (Å²) in [4.78, 5) is 12.4. The number of thiocarbonyl (C=S) groups is 1. The van der Waals surface area contributed by atoms with Crippen LogP contribution in [0.25, 0.3) is 0 Å². The van der Waals surface area contributed by atoms with Crippen molar-refractivity contribution in [3.8, 4) is 0 Å². The highest BCUT2D eigenvalue weighted by Gasteiger charge is 2.12. The Kier molecular flexibility index (Phi) is 4.55. The Morgan fingerprint density at radius 1 is 1.00 bits per heavy atom. The van der Waals surface area contributed by atoms with Crippen LogP contribution in [0.5, 0.6) is 0 Å². The highest BCUT2D eigenvalue weighted by molar-refractivity contribution is 7.80. The molecule has 21 heavy (non-hydrogen) atoms. The minimum atomic E-state index is -0.206. The van der Waals surface area contributed by atoms with Crippen molar-refractivity contribution in [2.24, 2.45) is 5.73 Å². The van der Waals surface area contributed by atoms with E-state index in [9.17, 15) is 4.79 Å². The van der Waals surface area contributed by atoms with Gasteiger partial charge in [0.05, 0.1) is 11.3 Å². The zero-order valence-corrected chi connectivity index (χ0v) is 12.8. The Bertz CT molecular complexity index is 698. The molecule has 0 spiro atoms. The quantitative estimate of drug-likeness (QED) is 0.761. The summed E-state index contributed by atoms with van der Waals surface area (Å²) >= 11 is 4.83. The predicted molar refractivity (Wildman–Crippen MR) is 90.7 cm³/mol. The fourth-order valence-electron chi connectivity index (χ4n) is 2.00. The van der Waals surface area contributed by atoms with E-state index in [2.05, 4.69) is 10.6 Å². The fraction of sp³-hybridized carbons (Fsp3) is 0.125. The molecule has 0 unspecified atom stereocenters. The largest absolute Gasteiger partial charge is 0.376 e. The van der Waals surface area contributed by atoms with Crippen LogP contribution < -0.4 is 16.4 Å². The predicted octanol–water partition coefficient (Wildman–Crippen LogP) is 3.21. The summed E-state index contributed by atoms with van der Waals surface area (Å²) in [6, 6.07) is 12.9. The Balaban J connectivity index is 2.29. The number of carbonyl (C=O) groups is 1. The summed E-state index contributed by atoms with van der Waals surface area (Å²) in [5, 5.41) is 5.86. The lowest BCUT2D eigenvalue weighted by Gasteiger charge is -2.13. The molecule has 0 radical (unpaired) electrons. The molecule has 0 atom stereocenters. The van der Waals surface area contributed by atoms with Gasteiger partial charge in [0.15, 0.2) is 5.11 Å². The lowest BCUT2D eigenvalue weighted by atomic mass is 10.1. The van der Waals surface area contributed by atoms with E-state index in [1.54, 1.807) is 18.2 Å². The number of hydrogen-bond acceptors (Lipinski definition) is 2. The number of nitrogens with one attached hydrogen (secondary N) is 2. The summed E-state index contributed by atoms with van der Waals surface area (Å²) in [5.41, 5.74) is 9.53. The zero-order chi connectivity index (χ0) is 15.4. The van der Waals surface area contributed by atoms with E-state index in [0.717, 1.165) is 16.8 Å². The van der Waals surface area contributed by atoms with Gasteiger partial charge in [-0.05, 0) is 55.4 Å². The first-order chi connectivity index (χ1) is 9.99. The van der Waals surface area contributed by atoms with E-state index < -0.39 is 0 Å². The SMILES string of the molecule is Cc1cccc(NC(=O)c2ccccc2NC(N)=S)c1C. The van der Waals surface area contributed by atoms with E-state index in [0.29, 0.717) is 11.3 Å². The van der Waals surface area contributed by atoms with Crippen LogP contribution in [-0.4, -0.2) is 11.0 Å². The maximum absolute atomic E-state index is 12.4. The molecule has 2 aromatic rings. The van der Waals surface area contributed by atoms with Gasteiger partial charge >= 0.3 is 0 Å². The van der Waals surface area contributed by atoms with Crippen LogP contribution in [0.15, 0.2) is 42.5 Å². The molecule has 0 saturated heterocycles. The number of rotatable bonds is 3. The molecule has 0 aliphatic carbocycles. The standard InChI is InChI=1S/C16H17N3OS/c1-10-6-5-9-13(11(10)2)18-15(20)12-7-3-4-8-14(12)19-16(17)21/h3-9H,1-2H3,(H,18,20)(H3,17,19,21). The maximum Gasteiger partial charge on any atom is 0.257 e. The number of nitrogens with two attached hydrogens (primary N) is 1. The van der Waals surface area contributed by atoms with Crippen LogP contribution in [0.3, 0.4) is 0 Å². The van der Waals surface area contributed by atoms with Crippen molar-refractivity contribution in [1.82, 2.24) is 0 Å². The van der Waals surface area contributed by atoms with Crippen molar-refractivity contribution in [3.63, 3.8) is 0 Å². The van der Waals surface area contributed by atoms with Crippen LogP contribution in [0.4, 0.5) is 11.4 Å². The van der Waals surface area contributed by atoms with Gasteiger partial charge < -0.3 is 16.4 Å². The molecule has 0 aromatic heterocycles. The number of benzene rings is 2. The number of carbonyl (C=O) groups excluding carboxylic acids is 1. The molecule has 0 bridgehead atoms. The van der Waals surface area contributed by atoms with Gasteiger partial charge in [-0.1, -0.05) is 24.3 Å². The molecular weight excluding hydrogens is 282 g/mol. The van der Waals surface area contributed by atoms with Crippen LogP contribution in [-0.2, 0) is 0 Å². The first-order valence-electron chi connectivity index (χ1n) is 6.52. The number of hydrogen-bond donors (Lipinski definition) is 3. The van der Waals surface area contributed by atoms with Gasteiger partial charge in [0.1, 0.15) is 0 Å². The molecule has 0 aliphatic rings. The zero-order valence-electron chi connectivity index (χ0n) is 11.9. The highest BCUT2D eigenvalue weighted by atomic mass is 32.1. The summed E-state index contributed by atoms with van der Waals surface area (Å²) in [7, 11) is 0. The minimum Gasteiger partial charge on any atom is -0.376 e. The molecule has 2 rings (SSSR count). The Labute approximate surface area is 129 Å². The van der Waals surface area contributed by atoms with Crippen molar-refractivity contribution in [2.45, 2.75) is 13.8 Å². The molecular formula is C16H17N3OS. The number of anilines is 2. The second-order valence-corrected chi connectivity index (χ2v) is 5.18. The topological polar surface area (TPSA) is 67.2 Å². The van der Waals surface area contributed by atoms with Gasteiger partial charge in [-0.3, -0.25) is 4.79 Å². The molecule has 108 valence electrons. The van der Waals surface area contributed by atoms with E-state index in [1.165, 1.54) is 0 Å². The van der Waals surface area contributed by atoms with Gasteiger partial charge in [-0.2, -0.15) is 0 Å². The third kappa shape index (κ3) is 3.58. The normalized spacial score (nSPS) is 10.0. The van der Waals surface area contributed by atoms with Gasteiger partial charge in [-0.15, -0.1) is 0 Å². The van der Waals surface area contributed by atoms with E-state index in [4.69, 9.17) is 18.0 Å². The van der Waals surface area contributed by atoms with Crippen molar-refractivity contribution in [1.29, 1.82) is 0 Å². The van der Waals surface area contributed by atoms with Crippen molar-refractivity contribution >= 4 is 34.6 Å². The minimum absolute atomic E-state index is 0.127. The molecule has 0 heterocycles. The molecule has 2 aromatic carbocycles.